The van der Waals surface area contributed by atoms with Crippen molar-refractivity contribution in [3.8, 4) is 5.75 Å². The van der Waals surface area contributed by atoms with E-state index in [-0.39, 0.29) is 36.9 Å². The van der Waals surface area contributed by atoms with Crippen molar-refractivity contribution in [1.29, 1.82) is 0 Å². The summed E-state index contributed by atoms with van der Waals surface area (Å²) in [7, 11) is 1.60. The van der Waals surface area contributed by atoms with Crippen molar-refractivity contribution >= 4 is 17.8 Å². The van der Waals surface area contributed by atoms with Crippen molar-refractivity contribution in [2.24, 2.45) is 0 Å². The summed E-state index contributed by atoms with van der Waals surface area (Å²) in [5, 5.41) is 17.1. The predicted molar refractivity (Wildman–Crippen MR) is 111 cm³/mol. The van der Waals surface area contributed by atoms with Crippen LogP contribution in [0, 0.1) is 0 Å². The van der Waals surface area contributed by atoms with Gasteiger partial charge in [-0.2, -0.15) is 0 Å². The molecular formula is C22H26N3NaO5. The molecule has 0 unspecified atom stereocenters. The van der Waals surface area contributed by atoms with Crippen LogP contribution in [0.3, 0.4) is 0 Å². The summed E-state index contributed by atoms with van der Waals surface area (Å²) < 4.78 is 5.13. The molecular weight excluding hydrogens is 409 g/mol. The van der Waals surface area contributed by atoms with Crippen LogP contribution in [-0.4, -0.2) is 54.7 Å². The Balaban J connectivity index is 0.00000256. The second kappa shape index (κ2) is 11.9. The van der Waals surface area contributed by atoms with Crippen LogP contribution >= 0.6 is 0 Å². The first-order valence-electron chi connectivity index (χ1n) is 9.71. The van der Waals surface area contributed by atoms with Gasteiger partial charge in [0.05, 0.1) is 7.11 Å². The fraction of sp³-hybridized carbons (Fsp3) is 0.318. The minimum absolute atomic E-state index is 0. The minimum Gasteiger partial charge on any atom is -1.00 e. The number of ether oxygens (including phenoxy) is 1. The Kier molecular flexibility index (Phi) is 9.51. The average molecular weight is 435 g/mol. The third kappa shape index (κ3) is 7.36. The second-order valence-corrected chi connectivity index (χ2v) is 7.10. The predicted octanol–water partition coefficient (Wildman–Crippen LogP) is -2.38. The van der Waals surface area contributed by atoms with Crippen molar-refractivity contribution in [2.75, 3.05) is 13.7 Å². The molecule has 2 aromatic carbocycles. The summed E-state index contributed by atoms with van der Waals surface area (Å²) in [5.41, 5.74) is 1.94. The number of hydrogen-bond donors (Lipinski definition) is 4. The fourth-order valence-corrected chi connectivity index (χ4v) is 3.14. The largest absolute Gasteiger partial charge is 1.00 e. The first-order chi connectivity index (χ1) is 14.5. The normalized spacial score (nSPS) is 17.6. The van der Waals surface area contributed by atoms with E-state index in [0.717, 1.165) is 16.9 Å². The van der Waals surface area contributed by atoms with Gasteiger partial charge in [-0.15, -0.1) is 0 Å². The SMILES string of the molecule is COc1ccc(CCNC(=O)[C@H](Cc2ccccc2)NC(=O)[C@H]2N[C@@H]2C(=O)O)cc1.[H-].[Na+]. The molecule has 0 aromatic heterocycles. The maximum atomic E-state index is 12.7. The van der Waals surface area contributed by atoms with Crippen LogP contribution in [0.2, 0.25) is 0 Å². The van der Waals surface area contributed by atoms with E-state index in [1.54, 1.807) is 7.11 Å². The summed E-state index contributed by atoms with van der Waals surface area (Å²) in [5.74, 6) is -1.12. The monoisotopic (exact) mass is 435 g/mol. The van der Waals surface area contributed by atoms with Gasteiger partial charge in [-0.25, -0.2) is 0 Å². The number of methoxy groups -OCH3 is 1. The topological polar surface area (TPSA) is 127 Å². The van der Waals surface area contributed by atoms with Crippen LogP contribution in [-0.2, 0) is 27.2 Å². The molecule has 1 aliphatic rings. The molecule has 0 spiro atoms. The van der Waals surface area contributed by atoms with Crippen LogP contribution in [0.5, 0.6) is 5.75 Å². The zero-order chi connectivity index (χ0) is 21.5. The molecule has 160 valence electrons. The Morgan fingerprint density at radius 1 is 1.06 bits per heavy atom. The summed E-state index contributed by atoms with van der Waals surface area (Å²) >= 11 is 0. The zero-order valence-corrected chi connectivity index (χ0v) is 19.6. The number of nitrogens with one attached hydrogen (secondary N) is 3. The smallest absolute Gasteiger partial charge is 1.00 e. The zero-order valence-electron chi connectivity index (χ0n) is 18.6. The number of benzene rings is 2. The van der Waals surface area contributed by atoms with Crippen LogP contribution in [0.4, 0.5) is 0 Å². The third-order valence-electron chi connectivity index (χ3n) is 4.92. The molecule has 1 heterocycles. The minimum atomic E-state index is -1.08. The Hall–Kier alpha value is -2.39. The maximum absolute atomic E-state index is 12.7. The number of carboxylic acids is 1. The third-order valence-corrected chi connectivity index (χ3v) is 4.92. The van der Waals surface area contributed by atoms with Crippen molar-refractivity contribution < 1.29 is 55.2 Å². The number of aliphatic carboxylic acids is 1. The molecule has 31 heavy (non-hydrogen) atoms. The second-order valence-electron chi connectivity index (χ2n) is 7.10. The molecule has 4 N–H and O–H groups in total. The first kappa shape index (κ1) is 24.9. The van der Waals surface area contributed by atoms with E-state index < -0.39 is 30.0 Å². The van der Waals surface area contributed by atoms with E-state index in [0.29, 0.717) is 19.4 Å². The maximum Gasteiger partial charge on any atom is 1.00 e. The van der Waals surface area contributed by atoms with E-state index in [9.17, 15) is 14.4 Å². The van der Waals surface area contributed by atoms with Crippen molar-refractivity contribution in [3.63, 3.8) is 0 Å². The fourth-order valence-electron chi connectivity index (χ4n) is 3.14. The molecule has 0 radical (unpaired) electrons. The molecule has 3 rings (SSSR count). The van der Waals surface area contributed by atoms with E-state index >= 15 is 0 Å². The molecule has 0 aliphatic carbocycles. The first-order valence-corrected chi connectivity index (χ1v) is 9.71. The van der Waals surface area contributed by atoms with E-state index in [4.69, 9.17) is 9.84 Å². The average Bonchev–Trinajstić information content (AvgIpc) is 3.56. The summed E-state index contributed by atoms with van der Waals surface area (Å²) in [4.78, 5) is 36.1. The number of rotatable bonds is 10. The number of amides is 2. The van der Waals surface area contributed by atoms with Gasteiger partial charge in [0, 0.05) is 13.0 Å². The van der Waals surface area contributed by atoms with Gasteiger partial charge >= 0.3 is 35.5 Å². The number of carbonyl (C=O) groups is 3. The summed E-state index contributed by atoms with van der Waals surface area (Å²) in [6.45, 7) is 0.408. The van der Waals surface area contributed by atoms with Crippen LogP contribution in [0.1, 0.15) is 12.6 Å². The van der Waals surface area contributed by atoms with Gasteiger partial charge in [-0.3, -0.25) is 19.7 Å². The van der Waals surface area contributed by atoms with Gasteiger partial charge in [0.15, 0.2) is 0 Å². The molecule has 1 saturated heterocycles. The Bertz CT molecular complexity index is 898. The van der Waals surface area contributed by atoms with Crippen LogP contribution in [0.15, 0.2) is 54.6 Å². The summed E-state index contributed by atoms with van der Waals surface area (Å²) in [6, 6.07) is 14.4. The van der Waals surface area contributed by atoms with E-state index in [1.807, 2.05) is 54.6 Å². The Labute approximate surface area is 204 Å². The molecule has 0 bridgehead atoms. The van der Waals surface area contributed by atoms with Gasteiger partial charge < -0.3 is 21.9 Å². The molecule has 1 aliphatic heterocycles. The number of hydrogen-bond acceptors (Lipinski definition) is 5. The van der Waals surface area contributed by atoms with Gasteiger partial charge in [0.2, 0.25) is 11.8 Å². The van der Waals surface area contributed by atoms with Crippen molar-refractivity contribution in [1.82, 2.24) is 16.0 Å². The molecule has 2 amide bonds. The van der Waals surface area contributed by atoms with Crippen molar-refractivity contribution in [3.05, 3.63) is 65.7 Å². The molecule has 1 fully saturated rings. The number of carbonyl (C=O) groups excluding carboxylic acids is 2. The quantitative estimate of drug-likeness (QED) is 0.244. The van der Waals surface area contributed by atoms with Crippen molar-refractivity contribution in [2.45, 2.75) is 31.0 Å². The standard InChI is InChI=1S/C22H25N3O5.Na.H/c1-30-16-9-7-14(8-10-16)11-12-23-20(26)17(13-15-5-3-2-4-6-15)24-21(27)18-19(25-18)22(28)29;;/h2-10,17-19,25H,11-13H2,1H3,(H,23,26)(H,24,27)(H,28,29);;/q;+1;-1/t17-,18-,19-;;/m0../s1. The number of carboxylic acid groups (broad SMARTS) is 1. The van der Waals surface area contributed by atoms with Crippen LogP contribution < -0.4 is 50.2 Å². The van der Waals surface area contributed by atoms with Gasteiger partial charge in [-0.05, 0) is 29.7 Å². The van der Waals surface area contributed by atoms with Crippen LogP contribution in [0.25, 0.3) is 0 Å². The van der Waals surface area contributed by atoms with E-state index in [2.05, 4.69) is 16.0 Å². The van der Waals surface area contributed by atoms with Gasteiger partial charge in [0.1, 0.15) is 23.9 Å². The molecule has 8 nitrogen and oxygen atoms in total. The molecule has 0 saturated carbocycles. The van der Waals surface area contributed by atoms with Gasteiger partial charge in [0.25, 0.3) is 0 Å². The molecule has 9 heteroatoms. The Morgan fingerprint density at radius 2 is 1.74 bits per heavy atom. The molecule has 2 aromatic rings. The molecule has 3 atom stereocenters. The van der Waals surface area contributed by atoms with E-state index in [1.165, 1.54) is 0 Å². The Morgan fingerprint density at radius 3 is 2.32 bits per heavy atom. The van der Waals surface area contributed by atoms with Gasteiger partial charge in [-0.1, -0.05) is 42.5 Å². The summed E-state index contributed by atoms with van der Waals surface area (Å²) in [6.07, 6.45) is 0.943.